The van der Waals surface area contributed by atoms with Crippen molar-refractivity contribution in [1.82, 2.24) is 15.0 Å². The maximum atomic E-state index is 12.8. The van der Waals surface area contributed by atoms with Crippen molar-refractivity contribution in [2.45, 2.75) is 39.5 Å². The molecule has 0 saturated carbocycles. The first-order chi connectivity index (χ1) is 15.0. The lowest BCUT2D eigenvalue weighted by atomic mass is 10.1. The Kier molecular flexibility index (Phi) is 6.11. The lowest BCUT2D eigenvalue weighted by Gasteiger charge is -2.28. The molecule has 0 aliphatic carbocycles. The molecule has 1 saturated heterocycles. The third-order valence-corrected chi connectivity index (χ3v) is 5.51. The van der Waals surface area contributed by atoms with Crippen LogP contribution in [0.5, 0.6) is 0 Å². The van der Waals surface area contributed by atoms with Gasteiger partial charge in [0, 0.05) is 48.2 Å². The maximum absolute atomic E-state index is 12.8. The number of pyridine rings is 1. The average Bonchev–Trinajstić information content (AvgIpc) is 2.80. The lowest BCUT2D eigenvalue weighted by molar-refractivity contribution is 0.102. The van der Waals surface area contributed by atoms with Crippen LogP contribution in [0.15, 0.2) is 47.4 Å². The SMILES string of the molecule is CCc1nc(C)cc(-c2c[nH]c(=O)c(NC(=O)c3ccc(N4CCCCC4)cc3)c2)n1. The number of aromatic amines is 1. The number of benzene rings is 1. The summed E-state index contributed by atoms with van der Waals surface area (Å²) in [6.45, 7) is 6.01. The van der Waals surface area contributed by atoms with Crippen LogP contribution < -0.4 is 15.8 Å². The molecule has 1 aromatic carbocycles. The van der Waals surface area contributed by atoms with E-state index in [1.165, 1.54) is 19.3 Å². The van der Waals surface area contributed by atoms with Gasteiger partial charge >= 0.3 is 0 Å². The van der Waals surface area contributed by atoms with E-state index in [1.54, 1.807) is 24.4 Å². The summed E-state index contributed by atoms with van der Waals surface area (Å²) >= 11 is 0. The molecule has 1 amide bonds. The highest BCUT2D eigenvalue weighted by molar-refractivity contribution is 6.04. The number of anilines is 2. The molecule has 3 heterocycles. The number of rotatable bonds is 5. The van der Waals surface area contributed by atoms with Gasteiger partial charge in [0.25, 0.3) is 11.5 Å². The van der Waals surface area contributed by atoms with Crippen molar-refractivity contribution in [3.8, 4) is 11.3 Å². The first-order valence-electron chi connectivity index (χ1n) is 10.8. The Morgan fingerprint density at radius 2 is 1.84 bits per heavy atom. The zero-order valence-corrected chi connectivity index (χ0v) is 17.9. The van der Waals surface area contributed by atoms with Gasteiger partial charge in [-0.05, 0) is 62.6 Å². The van der Waals surface area contributed by atoms with Crippen LogP contribution >= 0.6 is 0 Å². The van der Waals surface area contributed by atoms with E-state index >= 15 is 0 Å². The molecular weight excluding hydrogens is 390 g/mol. The minimum Gasteiger partial charge on any atom is -0.372 e. The van der Waals surface area contributed by atoms with Gasteiger partial charge in [0.2, 0.25) is 0 Å². The van der Waals surface area contributed by atoms with E-state index in [4.69, 9.17) is 0 Å². The topological polar surface area (TPSA) is 91.0 Å². The molecule has 0 radical (unpaired) electrons. The fraction of sp³-hybridized carbons (Fsp3) is 0.333. The summed E-state index contributed by atoms with van der Waals surface area (Å²) in [6, 6.07) is 11.1. The third-order valence-electron chi connectivity index (χ3n) is 5.51. The summed E-state index contributed by atoms with van der Waals surface area (Å²) in [4.78, 5) is 39.0. The lowest BCUT2D eigenvalue weighted by Crippen LogP contribution is -2.29. The first-order valence-corrected chi connectivity index (χ1v) is 10.8. The second kappa shape index (κ2) is 9.12. The van der Waals surface area contributed by atoms with E-state index in [1.807, 2.05) is 32.0 Å². The van der Waals surface area contributed by atoms with Crippen molar-refractivity contribution in [3.63, 3.8) is 0 Å². The van der Waals surface area contributed by atoms with E-state index in [9.17, 15) is 9.59 Å². The van der Waals surface area contributed by atoms with Crippen LogP contribution in [-0.4, -0.2) is 33.9 Å². The van der Waals surface area contributed by atoms with E-state index in [2.05, 4.69) is 25.2 Å². The van der Waals surface area contributed by atoms with Crippen molar-refractivity contribution in [2.75, 3.05) is 23.3 Å². The molecule has 0 spiro atoms. The van der Waals surface area contributed by atoms with Gasteiger partial charge in [0.05, 0.1) is 5.69 Å². The fourth-order valence-electron chi connectivity index (χ4n) is 3.83. The molecule has 3 aromatic rings. The van der Waals surface area contributed by atoms with Gasteiger partial charge < -0.3 is 15.2 Å². The predicted molar refractivity (Wildman–Crippen MR) is 123 cm³/mol. The van der Waals surface area contributed by atoms with Gasteiger partial charge in [-0.1, -0.05) is 6.92 Å². The number of aromatic nitrogens is 3. The Balaban J connectivity index is 1.53. The Hall–Kier alpha value is -3.48. The monoisotopic (exact) mass is 417 g/mol. The Morgan fingerprint density at radius 1 is 1.10 bits per heavy atom. The van der Waals surface area contributed by atoms with Crippen LogP contribution in [0.1, 0.15) is 48.1 Å². The van der Waals surface area contributed by atoms with Gasteiger partial charge in [-0.3, -0.25) is 9.59 Å². The molecule has 1 fully saturated rings. The predicted octanol–water partition coefficient (Wildman–Crippen LogP) is 3.95. The number of nitrogens with zero attached hydrogens (tertiary/aromatic N) is 3. The maximum Gasteiger partial charge on any atom is 0.271 e. The molecule has 7 heteroatoms. The number of hydrogen-bond acceptors (Lipinski definition) is 5. The minimum atomic E-state index is -0.358. The molecule has 160 valence electrons. The average molecular weight is 418 g/mol. The van der Waals surface area contributed by atoms with Crippen molar-refractivity contribution in [1.29, 1.82) is 0 Å². The molecule has 0 unspecified atom stereocenters. The number of carbonyl (C=O) groups is 1. The summed E-state index contributed by atoms with van der Waals surface area (Å²) < 4.78 is 0. The fourth-order valence-corrected chi connectivity index (χ4v) is 3.83. The quantitative estimate of drug-likeness (QED) is 0.656. The van der Waals surface area contributed by atoms with Crippen molar-refractivity contribution in [2.24, 2.45) is 0 Å². The van der Waals surface area contributed by atoms with Crippen LogP contribution in [0.4, 0.5) is 11.4 Å². The second-order valence-corrected chi connectivity index (χ2v) is 7.84. The molecular formula is C24H27N5O2. The number of carbonyl (C=O) groups excluding carboxylic acids is 1. The van der Waals surface area contributed by atoms with Crippen LogP contribution in [0.2, 0.25) is 0 Å². The van der Waals surface area contributed by atoms with Gasteiger partial charge in [0.1, 0.15) is 11.5 Å². The molecule has 0 atom stereocenters. The number of hydrogen-bond donors (Lipinski definition) is 2. The van der Waals surface area contributed by atoms with E-state index in [-0.39, 0.29) is 17.2 Å². The zero-order valence-electron chi connectivity index (χ0n) is 17.9. The summed E-state index contributed by atoms with van der Waals surface area (Å²) in [7, 11) is 0. The highest BCUT2D eigenvalue weighted by Gasteiger charge is 2.14. The summed E-state index contributed by atoms with van der Waals surface area (Å²) in [5.74, 6) is 0.418. The Morgan fingerprint density at radius 3 is 2.55 bits per heavy atom. The van der Waals surface area contributed by atoms with Crippen molar-refractivity contribution >= 4 is 17.3 Å². The second-order valence-electron chi connectivity index (χ2n) is 7.84. The van der Waals surface area contributed by atoms with E-state index in [0.29, 0.717) is 11.3 Å². The molecule has 4 rings (SSSR count). The molecule has 2 aromatic heterocycles. The van der Waals surface area contributed by atoms with Gasteiger partial charge in [0.15, 0.2) is 0 Å². The summed E-state index contributed by atoms with van der Waals surface area (Å²) in [6.07, 6.45) is 6.00. The molecule has 1 aliphatic heterocycles. The van der Waals surface area contributed by atoms with Crippen LogP contribution in [-0.2, 0) is 6.42 Å². The van der Waals surface area contributed by atoms with Crippen molar-refractivity contribution < 1.29 is 4.79 Å². The van der Waals surface area contributed by atoms with Gasteiger partial charge in [-0.25, -0.2) is 9.97 Å². The molecule has 7 nitrogen and oxygen atoms in total. The number of piperidine rings is 1. The van der Waals surface area contributed by atoms with Crippen LogP contribution in [0, 0.1) is 6.92 Å². The van der Waals surface area contributed by atoms with Gasteiger partial charge in [-0.15, -0.1) is 0 Å². The largest absolute Gasteiger partial charge is 0.372 e. The smallest absolute Gasteiger partial charge is 0.271 e. The Bertz CT molecular complexity index is 1130. The molecule has 1 aliphatic rings. The zero-order chi connectivity index (χ0) is 21.8. The third kappa shape index (κ3) is 4.82. The molecule has 31 heavy (non-hydrogen) atoms. The van der Waals surface area contributed by atoms with E-state index in [0.717, 1.165) is 42.3 Å². The summed E-state index contributed by atoms with van der Waals surface area (Å²) in [5.41, 5.74) is 3.75. The molecule has 2 N–H and O–H groups in total. The van der Waals surface area contributed by atoms with Gasteiger partial charge in [-0.2, -0.15) is 0 Å². The number of aryl methyl sites for hydroxylation is 2. The number of H-pyrrole nitrogens is 1. The summed E-state index contributed by atoms with van der Waals surface area (Å²) in [5, 5.41) is 2.74. The standard InChI is InChI=1S/C24H27N5O2/c1-3-22-26-16(2)13-20(27-22)18-14-21(24(31)25-15-18)28-23(30)17-7-9-19(10-8-17)29-11-5-4-6-12-29/h7-10,13-15H,3-6,11-12H2,1-2H3,(H,25,31)(H,28,30). The van der Waals surface area contributed by atoms with E-state index < -0.39 is 0 Å². The number of amides is 1. The highest BCUT2D eigenvalue weighted by atomic mass is 16.2. The number of nitrogens with one attached hydrogen (secondary N) is 2. The van der Waals surface area contributed by atoms with Crippen molar-refractivity contribution in [3.05, 3.63) is 70.0 Å². The minimum absolute atomic E-state index is 0.192. The highest BCUT2D eigenvalue weighted by Crippen LogP contribution is 2.22. The Labute approximate surface area is 181 Å². The first kappa shape index (κ1) is 20.8. The van der Waals surface area contributed by atoms with Crippen LogP contribution in [0.3, 0.4) is 0 Å². The molecule has 0 bridgehead atoms. The normalized spacial score (nSPS) is 13.8. The van der Waals surface area contributed by atoms with Crippen LogP contribution in [0.25, 0.3) is 11.3 Å².